The molecule has 1 amide bonds. The zero-order chi connectivity index (χ0) is 24.0. The number of anilines is 1. The first kappa shape index (κ1) is 23.2. The Hall–Kier alpha value is -2.60. The highest BCUT2D eigenvalue weighted by molar-refractivity contribution is 7.91. The highest BCUT2D eigenvalue weighted by Crippen LogP contribution is 2.30. The Balaban J connectivity index is 1.38. The van der Waals surface area contributed by atoms with Gasteiger partial charge in [0.05, 0.1) is 21.8 Å². The number of sulfonamides is 1. The third kappa shape index (κ3) is 4.28. The Bertz CT molecular complexity index is 1430. The molecule has 5 rings (SSSR count). The number of thiophene rings is 1. The Kier molecular flexibility index (Phi) is 6.05. The minimum absolute atomic E-state index is 0.166. The van der Waals surface area contributed by atoms with Crippen molar-refractivity contribution in [2.75, 3.05) is 18.4 Å². The van der Waals surface area contributed by atoms with Crippen LogP contribution in [0.1, 0.15) is 29.7 Å². The zero-order valence-corrected chi connectivity index (χ0v) is 21.6. The van der Waals surface area contributed by atoms with E-state index >= 15 is 0 Å². The maximum Gasteiger partial charge on any atom is 0.252 e. The zero-order valence-electron chi connectivity index (χ0n) is 19.1. The van der Waals surface area contributed by atoms with E-state index in [4.69, 9.17) is 4.98 Å². The topological polar surface area (TPSA) is 97.2 Å². The summed E-state index contributed by atoms with van der Waals surface area (Å²) in [6, 6.07) is 9.31. The first-order valence-electron chi connectivity index (χ1n) is 11.0. The average Bonchev–Trinajstić information content (AvgIpc) is 3.54. The van der Waals surface area contributed by atoms with E-state index in [0.717, 1.165) is 15.9 Å². The van der Waals surface area contributed by atoms with Gasteiger partial charge in [-0.05, 0) is 68.3 Å². The number of aromatic nitrogens is 3. The molecule has 0 saturated carbocycles. The third-order valence-corrected chi connectivity index (χ3v) is 10.3. The summed E-state index contributed by atoms with van der Waals surface area (Å²) >= 11 is 2.71. The van der Waals surface area contributed by atoms with Crippen molar-refractivity contribution in [3.05, 3.63) is 52.5 Å². The summed E-state index contributed by atoms with van der Waals surface area (Å²) in [4.78, 5) is 17.9. The lowest BCUT2D eigenvalue weighted by Gasteiger charge is -2.30. The lowest BCUT2D eigenvalue weighted by Crippen LogP contribution is -2.43. The van der Waals surface area contributed by atoms with Crippen LogP contribution in [0.15, 0.2) is 39.9 Å². The van der Waals surface area contributed by atoms with E-state index in [-0.39, 0.29) is 12.5 Å². The first-order chi connectivity index (χ1) is 16.2. The fourth-order valence-corrected chi connectivity index (χ4v) is 7.81. The molecule has 4 aromatic rings. The average molecular weight is 516 g/mol. The monoisotopic (exact) mass is 515 g/mol. The number of benzene rings is 1. The summed E-state index contributed by atoms with van der Waals surface area (Å²) < 4.78 is 30.3. The number of aryl methyl sites for hydroxylation is 3. The Morgan fingerprint density at radius 2 is 1.97 bits per heavy atom. The smallest absolute Gasteiger partial charge is 0.252 e. The molecule has 0 bridgehead atoms. The molecule has 1 fully saturated rings. The van der Waals surface area contributed by atoms with Gasteiger partial charge in [-0.25, -0.2) is 13.4 Å². The van der Waals surface area contributed by atoms with Gasteiger partial charge in [0.1, 0.15) is 10.0 Å². The molecule has 0 spiro atoms. The van der Waals surface area contributed by atoms with E-state index in [1.54, 1.807) is 22.2 Å². The van der Waals surface area contributed by atoms with Crippen LogP contribution in [0.4, 0.5) is 5.82 Å². The molecule has 1 aliphatic heterocycles. The summed E-state index contributed by atoms with van der Waals surface area (Å²) in [5, 5.41) is 9.95. The first-order valence-corrected chi connectivity index (χ1v) is 14.2. The van der Waals surface area contributed by atoms with Crippen molar-refractivity contribution in [2.24, 2.45) is 5.92 Å². The summed E-state index contributed by atoms with van der Waals surface area (Å²) in [7, 11) is -3.58. The normalized spacial score (nSPS) is 17.3. The van der Waals surface area contributed by atoms with E-state index in [9.17, 15) is 13.2 Å². The van der Waals surface area contributed by atoms with E-state index in [1.165, 1.54) is 38.1 Å². The molecule has 1 saturated heterocycles. The molecule has 178 valence electrons. The van der Waals surface area contributed by atoms with Gasteiger partial charge in [0.25, 0.3) is 10.0 Å². The molecule has 1 aromatic carbocycles. The van der Waals surface area contributed by atoms with Crippen LogP contribution in [0, 0.1) is 26.7 Å². The minimum Gasteiger partial charge on any atom is -0.310 e. The van der Waals surface area contributed by atoms with Gasteiger partial charge in [-0.3, -0.25) is 4.79 Å². The minimum atomic E-state index is -3.58. The maximum absolute atomic E-state index is 13.2. The third-order valence-electron chi connectivity index (χ3n) is 6.10. The quantitative estimate of drug-likeness (QED) is 0.422. The number of hydrogen-bond donors (Lipinski definition) is 1. The summed E-state index contributed by atoms with van der Waals surface area (Å²) in [6.45, 7) is 6.59. The van der Waals surface area contributed by atoms with Crippen LogP contribution in [0.5, 0.6) is 0 Å². The number of thiazole rings is 1. The maximum atomic E-state index is 13.2. The highest BCUT2D eigenvalue weighted by atomic mass is 32.2. The van der Waals surface area contributed by atoms with E-state index in [1.807, 2.05) is 13.0 Å². The Labute approximate surface area is 206 Å². The van der Waals surface area contributed by atoms with Crippen molar-refractivity contribution in [3.8, 4) is 5.13 Å². The number of hydrogen-bond acceptors (Lipinski definition) is 7. The fourth-order valence-electron chi connectivity index (χ4n) is 4.13. The number of rotatable bonds is 5. The van der Waals surface area contributed by atoms with Crippen molar-refractivity contribution in [1.82, 2.24) is 19.1 Å². The molecular weight excluding hydrogens is 490 g/mol. The SMILES string of the molecule is Cc1cc(NC(=O)C2CCCN(S(=O)(=O)c3cccs3)C2)n(-c2nc3cc(C)c(C)cc3s2)n1. The van der Waals surface area contributed by atoms with Crippen molar-refractivity contribution >= 4 is 54.6 Å². The Morgan fingerprint density at radius 1 is 1.18 bits per heavy atom. The predicted molar refractivity (Wildman–Crippen MR) is 135 cm³/mol. The number of amides is 1. The second-order valence-electron chi connectivity index (χ2n) is 8.61. The molecule has 1 N–H and O–H groups in total. The molecule has 1 aliphatic rings. The van der Waals surface area contributed by atoms with Crippen molar-refractivity contribution in [2.45, 2.75) is 37.8 Å². The second-order valence-corrected chi connectivity index (χ2v) is 12.7. The highest BCUT2D eigenvalue weighted by Gasteiger charge is 2.34. The van der Waals surface area contributed by atoms with E-state index in [2.05, 4.69) is 36.4 Å². The Morgan fingerprint density at radius 3 is 2.74 bits per heavy atom. The van der Waals surface area contributed by atoms with Crippen LogP contribution in [0.25, 0.3) is 15.3 Å². The van der Waals surface area contributed by atoms with Gasteiger partial charge in [-0.15, -0.1) is 11.3 Å². The molecular formula is C23H25N5O3S3. The van der Waals surface area contributed by atoms with Crippen molar-refractivity contribution in [3.63, 3.8) is 0 Å². The van der Waals surface area contributed by atoms with Crippen LogP contribution in [0.2, 0.25) is 0 Å². The molecule has 1 unspecified atom stereocenters. The molecule has 3 aromatic heterocycles. The summed E-state index contributed by atoms with van der Waals surface area (Å²) in [5.41, 5.74) is 4.03. The fraction of sp³-hybridized carbons (Fsp3) is 0.348. The van der Waals surface area contributed by atoms with E-state index < -0.39 is 15.9 Å². The number of piperidine rings is 1. The molecule has 34 heavy (non-hydrogen) atoms. The van der Waals surface area contributed by atoms with Gasteiger partial charge in [-0.2, -0.15) is 14.1 Å². The van der Waals surface area contributed by atoms with Crippen molar-refractivity contribution < 1.29 is 13.2 Å². The lowest BCUT2D eigenvalue weighted by molar-refractivity contribution is -0.120. The summed E-state index contributed by atoms with van der Waals surface area (Å²) in [6.07, 6.45) is 1.27. The van der Waals surface area contributed by atoms with Crippen LogP contribution in [-0.4, -0.2) is 46.5 Å². The number of carbonyl (C=O) groups excluding carboxylic acids is 1. The van der Waals surface area contributed by atoms with Gasteiger partial charge >= 0.3 is 0 Å². The molecule has 0 aliphatic carbocycles. The van der Waals surface area contributed by atoms with Crippen LogP contribution >= 0.6 is 22.7 Å². The van der Waals surface area contributed by atoms with Gasteiger partial charge < -0.3 is 5.32 Å². The number of nitrogens with one attached hydrogen (secondary N) is 1. The largest absolute Gasteiger partial charge is 0.310 e. The van der Waals surface area contributed by atoms with Gasteiger partial charge in [0.2, 0.25) is 11.0 Å². The van der Waals surface area contributed by atoms with Gasteiger partial charge in [-0.1, -0.05) is 17.4 Å². The molecule has 11 heteroatoms. The van der Waals surface area contributed by atoms with E-state index in [0.29, 0.717) is 34.5 Å². The van der Waals surface area contributed by atoms with Crippen LogP contribution < -0.4 is 5.32 Å². The second kappa shape index (κ2) is 8.88. The number of nitrogens with zero attached hydrogens (tertiary/aromatic N) is 4. The number of fused-ring (bicyclic) bond motifs is 1. The lowest BCUT2D eigenvalue weighted by atomic mass is 9.99. The molecule has 8 nitrogen and oxygen atoms in total. The van der Waals surface area contributed by atoms with Crippen molar-refractivity contribution in [1.29, 1.82) is 0 Å². The van der Waals surface area contributed by atoms with Crippen LogP contribution in [-0.2, 0) is 14.8 Å². The molecule has 0 radical (unpaired) electrons. The number of carbonyl (C=O) groups is 1. The summed E-state index contributed by atoms with van der Waals surface area (Å²) in [5.74, 6) is -0.110. The molecule has 4 heterocycles. The van der Waals surface area contributed by atoms with Gasteiger partial charge in [0, 0.05) is 19.2 Å². The van der Waals surface area contributed by atoms with Gasteiger partial charge in [0.15, 0.2) is 0 Å². The predicted octanol–water partition coefficient (Wildman–Crippen LogP) is 4.51. The van der Waals surface area contributed by atoms with Crippen LogP contribution in [0.3, 0.4) is 0 Å². The standard InChI is InChI=1S/C23H25N5O3S3/c1-14-10-18-19(11-15(14)2)33-23(24-18)28-20(12-16(3)26-28)25-22(29)17-6-4-8-27(13-17)34(30,31)21-7-5-9-32-21/h5,7,9-12,17H,4,6,8,13H2,1-3H3,(H,25,29). The molecule has 1 atom stereocenters.